The first-order valence-corrected chi connectivity index (χ1v) is 14.2. The number of nitrogens with zero attached hydrogens (tertiary/aromatic N) is 3. The number of benzene rings is 1. The molecule has 0 saturated carbocycles. The molecule has 2 amide bonds. The third-order valence-electron chi connectivity index (χ3n) is 5.74. The van der Waals surface area contributed by atoms with Crippen molar-refractivity contribution in [3.63, 3.8) is 0 Å². The number of carboxylic acids is 1. The maximum absolute atomic E-state index is 12.9. The van der Waals surface area contributed by atoms with Gasteiger partial charge >= 0.3 is 5.97 Å². The number of aromatic nitrogens is 2. The van der Waals surface area contributed by atoms with Gasteiger partial charge in [-0.1, -0.05) is 23.1 Å². The Morgan fingerprint density at radius 2 is 1.97 bits per heavy atom. The van der Waals surface area contributed by atoms with E-state index < -0.39 is 29.2 Å². The van der Waals surface area contributed by atoms with Crippen molar-refractivity contribution in [3.05, 3.63) is 64.2 Å². The van der Waals surface area contributed by atoms with Crippen molar-refractivity contribution < 1.29 is 33.4 Å². The number of aliphatic carboxylic acids is 1. The van der Waals surface area contributed by atoms with Crippen LogP contribution >= 0.6 is 34.9 Å². The van der Waals surface area contributed by atoms with Gasteiger partial charge in [0.2, 0.25) is 0 Å². The quantitative estimate of drug-likeness (QED) is 0.272. The summed E-state index contributed by atoms with van der Waals surface area (Å²) in [4.78, 5) is 39.0. The summed E-state index contributed by atoms with van der Waals surface area (Å²) in [6, 6.07) is 9.32. The Balaban J connectivity index is 1.19. The monoisotopic (exact) mass is 574 g/mol. The molecule has 3 aromatic rings. The molecule has 2 aliphatic rings. The van der Waals surface area contributed by atoms with Crippen molar-refractivity contribution in [2.24, 2.45) is 0 Å². The van der Waals surface area contributed by atoms with Crippen LogP contribution in [0.5, 0.6) is 11.5 Å². The lowest BCUT2D eigenvalue weighted by Gasteiger charge is -2.49. The normalized spacial score (nSPS) is 18.6. The van der Waals surface area contributed by atoms with Crippen LogP contribution < -0.4 is 14.8 Å². The van der Waals surface area contributed by atoms with Gasteiger partial charge < -0.3 is 24.3 Å². The number of nitrogens with one attached hydrogen (secondary N) is 1. The average molecular weight is 575 g/mol. The van der Waals surface area contributed by atoms with E-state index in [4.69, 9.17) is 13.9 Å². The molecule has 198 valence electrons. The standard InChI is InChI=1S/C24H22N4O7S3/c1-12-26-27-24(38-12)37-11-13-10-36-22-18(21(30)28(22)19(13)23(31)32)25-20(29)17-8-7-16(35-17)9-34-15-5-3-14(33-2)4-6-15/h3-8,18,22H,9-11H2,1-2H3,(H,25,29)(H,31,32)/t18-,22-/m1/s1. The smallest absolute Gasteiger partial charge is 0.352 e. The largest absolute Gasteiger partial charge is 0.497 e. The van der Waals surface area contributed by atoms with Crippen molar-refractivity contribution in [1.29, 1.82) is 0 Å². The SMILES string of the molecule is COc1ccc(OCc2ccc(C(=O)N[C@@H]3C(=O)N4C(C(=O)O)=C(CSc5nnc(C)s5)CS[C@H]34)o2)cc1. The highest BCUT2D eigenvalue weighted by Crippen LogP contribution is 2.42. The minimum atomic E-state index is -1.18. The van der Waals surface area contributed by atoms with Crippen molar-refractivity contribution >= 4 is 52.6 Å². The fraction of sp³-hybridized carbons (Fsp3) is 0.292. The predicted octanol–water partition coefficient (Wildman–Crippen LogP) is 3.17. The fourth-order valence-electron chi connectivity index (χ4n) is 3.90. The number of hydrogen-bond acceptors (Lipinski definition) is 11. The summed E-state index contributed by atoms with van der Waals surface area (Å²) in [5.74, 6) is 0.369. The van der Waals surface area contributed by atoms with E-state index in [1.807, 2.05) is 6.92 Å². The molecule has 0 spiro atoms. The van der Waals surface area contributed by atoms with E-state index in [2.05, 4.69) is 15.5 Å². The highest BCUT2D eigenvalue weighted by atomic mass is 32.2. The fourth-order valence-corrected chi connectivity index (χ4v) is 7.20. The van der Waals surface area contributed by atoms with Crippen LogP contribution in [0.15, 0.2) is 56.4 Å². The molecule has 14 heteroatoms. The molecule has 0 unspecified atom stereocenters. The summed E-state index contributed by atoms with van der Waals surface area (Å²) in [5, 5.41) is 20.8. The number of rotatable bonds is 10. The van der Waals surface area contributed by atoms with Gasteiger partial charge in [0.1, 0.15) is 46.0 Å². The zero-order valence-corrected chi connectivity index (χ0v) is 22.7. The topological polar surface area (TPSA) is 144 Å². The van der Waals surface area contributed by atoms with Crippen molar-refractivity contribution in [3.8, 4) is 11.5 Å². The lowest BCUT2D eigenvalue weighted by atomic mass is 10.0. The molecule has 2 aliphatic heterocycles. The van der Waals surface area contributed by atoms with Crippen LogP contribution in [-0.4, -0.2) is 68.0 Å². The van der Waals surface area contributed by atoms with Gasteiger partial charge in [0.25, 0.3) is 11.8 Å². The van der Waals surface area contributed by atoms with Gasteiger partial charge in [-0.3, -0.25) is 14.5 Å². The molecule has 0 aliphatic carbocycles. The lowest BCUT2D eigenvalue weighted by Crippen LogP contribution is -2.70. The molecule has 1 aromatic carbocycles. The summed E-state index contributed by atoms with van der Waals surface area (Å²) >= 11 is 4.22. The van der Waals surface area contributed by atoms with E-state index in [1.165, 1.54) is 45.8 Å². The highest BCUT2D eigenvalue weighted by molar-refractivity contribution is 8.01. The van der Waals surface area contributed by atoms with Crippen LogP contribution in [0.1, 0.15) is 21.3 Å². The number of thioether (sulfide) groups is 2. The second kappa shape index (κ2) is 11.1. The Morgan fingerprint density at radius 3 is 2.66 bits per heavy atom. The van der Waals surface area contributed by atoms with Gasteiger partial charge in [-0.25, -0.2) is 4.79 Å². The highest BCUT2D eigenvalue weighted by Gasteiger charge is 2.54. The van der Waals surface area contributed by atoms with Gasteiger partial charge in [0.15, 0.2) is 10.1 Å². The molecule has 1 saturated heterocycles. The summed E-state index contributed by atoms with van der Waals surface area (Å²) in [7, 11) is 1.58. The van der Waals surface area contributed by atoms with Crippen LogP contribution in [0, 0.1) is 6.92 Å². The number of carbonyl (C=O) groups excluding carboxylic acids is 2. The zero-order valence-electron chi connectivity index (χ0n) is 20.2. The second-order valence-electron chi connectivity index (χ2n) is 8.22. The molecule has 4 heterocycles. The number of carboxylic acid groups (broad SMARTS) is 1. The lowest BCUT2D eigenvalue weighted by molar-refractivity contribution is -0.148. The Kier molecular flexibility index (Phi) is 7.63. The van der Waals surface area contributed by atoms with Gasteiger partial charge in [-0.2, -0.15) is 0 Å². The maximum Gasteiger partial charge on any atom is 0.352 e. The molecule has 0 radical (unpaired) electrons. The molecule has 2 atom stereocenters. The van der Waals surface area contributed by atoms with Crippen LogP contribution in [0.25, 0.3) is 0 Å². The van der Waals surface area contributed by atoms with Crippen molar-refractivity contribution in [2.45, 2.75) is 29.3 Å². The number of aryl methyl sites for hydroxylation is 1. The van der Waals surface area contributed by atoms with Crippen LogP contribution in [0.3, 0.4) is 0 Å². The number of amides is 2. The number of β-lactam (4-membered cyclic amide) rings is 1. The minimum absolute atomic E-state index is 0.0313. The predicted molar refractivity (Wildman–Crippen MR) is 140 cm³/mol. The Labute approximate surface area is 229 Å². The van der Waals surface area contributed by atoms with Gasteiger partial charge in [0.05, 0.1) is 7.11 Å². The van der Waals surface area contributed by atoms with Crippen LogP contribution in [0.4, 0.5) is 0 Å². The summed E-state index contributed by atoms with van der Waals surface area (Å²) < 4.78 is 17.1. The number of fused-ring (bicyclic) bond motifs is 1. The Morgan fingerprint density at radius 1 is 1.21 bits per heavy atom. The van der Waals surface area contributed by atoms with E-state index in [-0.39, 0.29) is 18.1 Å². The molecular weight excluding hydrogens is 552 g/mol. The Hall–Kier alpha value is -3.49. The van der Waals surface area contributed by atoms with Gasteiger partial charge in [-0.15, -0.1) is 22.0 Å². The molecule has 2 aromatic heterocycles. The third kappa shape index (κ3) is 5.37. The summed E-state index contributed by atoms with van der Waals surface area (Å²) in [6.07, 6.45) is 0. The first-order chi connectivity index (χ1) is 18.3. The number of hydrogen-bond donors (Lipinski definition) is 2. The molecule has 38 heavy (non-hydrogen) atoms. The van der Waals surface area contributed by atoms with E-state index >= 15 is 0 Å². The molecule has 2 N–H and O–H groups in total. The van der Waals surface area contributed by atoms with Gasteiger partial charge in [0, 0.05) is 11.5 Å². The number of carbonyl (C=O) groups is 3. The second-order valence-corrected chi connectivity index (χ2v) is 11.7. The molecule has 11 nitrogen and oxygen atoms in total. The van der Waals surface area contributed by atoms with E-state index in [1.54, 1.807) is 37.4 Å². The van der Waals surface area contributed by atoms with E-state index in [9.17, 15) is 19.5 Å². The Bertz CT molecular complexity index is 1400. The minimum Gasteiger partial charge on any atom is -0.497 e. The summed E-state index contributed by atoms with van der Waals surface area (Å²) in [6.45, 7) is 1.95. The maximum atomic E-state index is 12.9. The molecule has 1 fully saturated rings. The first kappa shape index (κ1) is 26.1. The third-order valence-corrected chi connectivity index (χ3v) is 9.14. The average Bonchev–Trinajstić information content (AvgIpc) is 3.57. The van der Waals surface area contributed by atoms with Crippen LogP contribution in [-0.2, 0) is 16.2 Å². The van der Waals surface area contributed by atoms with Crippen LogP contribution in [0.2, 0.25) is 0 Å². The van der Waals surface area contributed by atoms with E-state index in [0.717, 1.165) is 9.35 Å². The molecular formula is C24H22N4O7S3. The number of methoxy groups -OCH3 is 1. The first-order valence-electron chi connectivity index (χ1n) is 11.3. The number of ether oxygens (including phenoxy) is 2. The van der Waals surface area contributed by atoms with Crippen molar-refractivity contribution in [2.75, 3.05) is 18.6 Å². The summed E-state index contributed by atoms with van der Waals surface area (Å²) in [5.41, 5.74) is 0.594. The van der Waals surface area contributed by atoms with Crippen molar-refractivity contribution in [1.82, 2.24) is 20.4 Å². The van der Waals surface area contributed by atoms with E-state index in [0.29, 0.717) is 34.3 Å². The van der Waals surface area contributed by atoms with Gasteiger partial charge in [-0.05, 0) is 48.9 Å². The number of furan rings is 1. The zero-order chi connectivity index (χ0) is 26.8. The molecule has 0 bridgehead atoms. The molecule has 5 rings (SSSR count).